The highest BCUT2D eigenvalue weighted by Crippen LogP contribution is 2.43. The topological polar surface area (TPSA) is 12.5 Å². The van der Waals surface area contributed by atoms with Gasteiger partial charge in [-0.3, -0.25) is 4.90 Å². The molecule has 0 amide bonds. The Morgan fingerprint density at radius 2 is 1.92 bits per heavy atom. The summed E-state index contributed by atoms with van der Waals surface area (Å²) in [5.41, 5.74) is 5.45. The van der Waals surface area contributed by atoms with Gasteiger partial charge in [-0.2, -0.15) is 0 Å². The van der Waals surface area contributed by atoms with E-state index in [0.717, 1.165) is 13.0 Å². The van der Waals surface area contributed by atoms with E-state index in [4.69, 9.17) is 4.74 Å². The van der Waals surface area contributed by atoms with Gasteiger partial charge >= 0.3 is 0 Å². The molecule has 0 spiro atoms. The number of nitrogens with zero attached hydrogens (tertiary/aromatic N) is 1. The number of rotatable bonds is 0. The molecule has 3 heterocycles. The van der Waals surface area contributed by atoms with Gasteiger partial charge in [-0.15, -0.1) is 0 Å². The Balaban J connectivity index is 1.65. The van der Waals surface area contributed by atoms with E-state index >= 15 is 0 Å². The van der Waals surface area contributed by atoms with Gasteiger partial charge in [0.1, 0.15) is 0 Å². The van der Waals surface area contributed by atoms with Crippen molar-refractivity contribution in [2.75, 3.05) is 13.2 Å². The number of piperidine rings is 2. The Bertz CT molecular complexity index is 811. The van der Waals surface area contributed by atoms with Crippen molar-refractivity contribution in [3.05, 3.63) is 65.7 Å². The Morgan fingerprint density at radius 1 is 0.962 bits per heavy atom. The zero-order valence-electron chi connectivity index (χ0n) is 15.3. The molecule has 0 saturated carbocycles. The van der Waals surface area contributed by atoms with Gasteiger partial charge in [0.05, 0.1) is 12.7 Å². The molecule has 2 aromatic rings. The second-order valence-corrected chi connectivity index (χ2v) is 7.95. The predicted molar refractivity (Wildman–Crippen MR) is 107 cm³/mol. The minimum Gasteiger partial charge on any atom is -0.374 e. The van der Waals surface area contributed by atoms with Gasteiger partial charge in [0.2, 0.25) is 0 Å². The summed E-state index contributed by atoms with van der Waals surface area (Å²) in [7, 11) is 0. The highest BCUT2D eigenvalue weighted by Gasteiger charge is 2.38. The second-order valence-electron chi connectivity index (χ2n) is 7.95. The van der Waals surface area contributed by atoms with Crippen LogP contribution in [0.4, 0.5) is 0 Å². The molecule has 0 N–H and O–H groups in total. The van der Waals surface area contributed by atoms with E-state index in [1.807, 2.05) is 0 Å². The lowest BCUT2D eigenvalue weighted by Gasteiger charge is -2.48. The van der Waals surface area contributed by atoms with Crippen LogP contribution >= 0.6 is 0 Å². The van der Waals surface area contributed by atoms with Crippen molar-refractivity contribution in [2.24, 2.45) is 0 Å². The summed E-state index contributed by atoms with van der Waals surface area (Å²) in [5, 5.41) is 0. The van der Waals surface area contributed by atoms with Crippen molar-refractivity contribution in [3.63, 3.8) is 0 Å². The standard InChI is InChI=1S/C24H27NO/c1-2-12-23-22(11-1)19-9-5-7-18(15-19)8-6-14-26-21-16-20-10-3-4-13-25(20)24(23)17-21/h1-2,5-9,11-12,15,20-21,24H,3-4,10,13-14,16-17H2. The lowest BCUT2D eigenvalue weighted by molar-refractivity contribution is -0.0463. The first-order chi connectivity index (χ1) is 12.9. The van der Waals surface area contributed by atoms with Crippen LogP contribution in [0, 0.1) is 0 Å². The van der Waals surface area contributed by atoms with E-state index in [1.165, 1.54) is 54.5 Å². The smallest absolute Gasteiger partial charge is 0.0654 e. The molecule has 0 radical (unpaired) electrons. The first kappa shape index (κ1) is 16.3. The fraction of sp³-hybridized carbons (Fsp3) is 0.417. The maximum atomic E-state index is 6.31. The fourth-order valence-electron chi connectivity index (χ4n) is 5.15. The SMILES string of the molecule is C1=Cc2cccc(c2)-c2ccccc2C2CC(CC3CCCCN32)OC1. The van der Waals surface area contributed by atoms with Crippen molar-refractivity contribution in [1.29, 1.82) is 0 Å². The predicted octanol–water partition coefficient (Wildman–Crippen LogP) is 5.46. The van der Waals surface area contributed by atoms with E-state index in [-0.39, 0.29) is 0 Å². The fourth-order valence-corrected chi connectivity index (χ4v) is 5.15. The molecule has 4 bridgehead atoms. The molecule has 3 unspecified atom stereocenters. The molecule has 2 heteroatoms. The minimum atomic E-state index is 0.370. The molecule has 5 rings (SSSR count). The van der Waals surface area contributed by atoms with Gasteiger partial charge in [0.15, 0.2) is 0 Å². The van der Waals surface area contributed by atoms with Crippen molar-refractivity contribution in [2.45, 2.75) is 50.3 Å². The molecule has 3 aliphatic heterocycles. The summed E-state index contributed by atoms with van der Waals surface area (Å²) in [6, 6.07) is 19.1. The summed E-state index contributed by atoms with van der Waals surface area (Å²) in [5.74, 6) is 0. The first-order valence-electron chi connectivity index (χ1n) is 10.1. The lowest BCUT2D eigenvalue weighted by atomic mass is 9.82. The lowest BCUT2D eigenvalue weighted by Crippen LogP contribution is -2.49. The average Bonchev–Trinajstić information content (AvgIpc) is 2.70. The zero-order chi connectivity index (χ0) is 17.3. The van der Waals surface area contributed by atoms with Crippen LogP contribution in [0.1, 0.15) is 49.3 Å². The van der Waals surface area contributed by atoms with Crippen molar-refractivity contribution >= 4 is 6.08 Å². The largest absolute Gasteiger partial charge is 0.374 e. The summed E-state index contributed by atoms with van der Waals surface area (Å²) < 4.78 is 6.31. The molecule has 2 saturated heterocycles. The highest BCUT2D eigenvalue weighted by atomic mass is 16.5. The second kappa shape index (κ2) is 7.02. The quantitative estimate of drug-likeness (QED) is 0.629. The van der Waals surface area contributed by atoms with Crippen molar-refractivity contribution in [1.82, 2.24) is 4.90 Å². The van der Waals surface area contributed by atoms with Crippen LogP contribution in [0.15, 0.2) is 54.6 Å². The number of benzene rings is 2. The molecule has 134 valence electrons. The third-order valence-electron chi connectivity index (χ3n) is 6.35. The van der Waals surface area contributed by atoms with Gasteiger partial charge in [0.25, 0.3) is 0 Å². The molecular formula is C24H27NO. The number of hydrogen-bond acceptors (Lipinski definition) is 2. The number of ether oxygens (including phenoxy) is 1. The highest BCUT2D eigenvalue weighted by molar-refractivity contribution is 5.71. The van der Waals surface area contributed by atoms with Crippen LogP contribution in [-0.2, 0) is 4.74 Å². The third kappa shape index (κ3) is 3.02. The third-order valence-corrected chi connectivity index (χ3v) is 6.35. The monoisotopic (exact) mass is 345 g/mol. The average molecular weight is 345 g/mol. The van der Waals surface area contributed by atoms with Crippen LogP contribution in [0.3, 0.4) is 0 Å². The number of fused-ring (bicyclic) bond motifs is 9. The van der Waals surface area contributed by atoms with E-state index in [1.54, 1.807) is 0 Å². The molecule has 3 atom stereocenters. The van der Waals surface area contributed by atoms with Crippen LogP contribution in [0.25, 0.3) is 17.2 Å². The molecule has 0 aliphatic carbocycles. The summed E-state index contributed by atoms with van der Waals surface area (Å²) in [4.78, 5) is 2.79. The molecule has 26 heavy (non-hydrogen) atoms. The van der Waals surface area contributed by atoms with Gasteiger partial charge in [0, 0.05) is 12.1 Å². The van der Waals surface area contributed by atoms with Crippen LogP contribution < -0.4 is 0 Å². The molecular weight excluding hydrogens is 318 g/mol. The summed E-state index contributed by atoms with van der Waals surface area (Å²) in [6.45, 7) is 1.95. The van der Waals surface area contributed by atoms with Gasteiger partial charge in [-0.05, 0) is 60.5 Å². The summed E-state index contributed by atoms with van der Waals surface area (Å²) in [6.07, 6.45) is 11.1. The van der Waals surface area contributed by atoms with E-state index in [0.29, 0.717) is 18.2 Å². The van der Waals surface area contributed by atoms with E-state index in [9.17, 15) is 0 Å². The maximum Gasteiger partial charge on any atom is 0.0654 e. The minimum absolute atomic E-state index is 0.370. The van der Waals surface area contributed by atoms with Crippen LogP contribution in [0.5, 0.6) is 0 Å². The van der Waals surface area contributed by atoms with Crippen molar-refractivity contribution < 1.29 is 4.74 Å². The molecule has 0 aromatic heterocycles. The Kier molecular flexibility index (Phi) is 4.40. The van der Waals surface area contributed by atoms with E-state index in [2.05, 4.69) is 65.6 Å². The molecule has 2 fully saturated rings. The number of hydrogen-bond donors (Lipinski definition) is 0. The Morgan fingerprint density at radius 3 is 2.92 bits per heavy atom. The van der Waals surface area contributed by atoms with Gasteiger partial charge in [-0.1, -0.05) is 61.0 Å². The van der Waals surface area contributed by atoms with E-state index < -0.39 is 0 Å². The molecule has 2 nitrogen and oxygen atoms in total. The first-order valence-corrected chi connectivity index (χ1v) is 10.1. The Labute approximate surface area is 156 Å². The van der Waals surface area contributed by atoms with Gasteiger partial charge in [-0.25, -0.2) is 0 Å². The van der Waals surface area contributed by atoms with Crippen LogP contribution in [-0.4, -0.2) is 30.2 Å². The zero-order valence-corrected chi connectivity index (χ0v) is 15.3. The summed E-state index contributed by atoms with van der Waals surface area (Å²) >= 11 is 0. The van der Waals surface area contributed by atoms with Crippen LogP contribution in [0.2, 0.25) is 0 Å². The maximum absolute atomic E-state index is 6.31. The normalized spacial score (nSPS) is 28.4. The molecule has 3 aliphatic rings. The molecule has 2 aromatic carbocycles. The van der Waals surface area contributed by atoms with Gasteiger partial charge < -0.3 is 4.74 Å². The Hall–Kier alpha value is -1.90. The van der Waals surface area contributed by atoms with Crippen molar-refractivity contribution in [3.8, 4) is 11.1 Å².